The molecular weight excluding hydrogens is 278 g/mol. The molecule has 118 valence electrons. The van der Waals surface area contributed by atoms with Crippen molar-refractivity contribution in [3.8, 4) is 0 Å². The van der Waals surface area contributed by atoms with Gasteiger partial charge in [-0.1, -0.05) is 86.0 Å². The quantitative estimate of drug-likeness (QED) is 0.548. The molecule has 0 amide bonds. The summed E-state index contributed by atoms with van der Waals surface area (Å²) in [5.74, 6) is 0.633. The van der Waals surface area contributed by atoms with Crippen LogP contribution in [-0.4, -0.2) is 0 Å². The van der Waals surface area contributed by atoms with Gasteiger partial charge in [0.05, 0.1) is 0 Å². The predicted molar refractivity (Wildman–Crippen MR) is 101 cm³/mol. The van der Waals surface area contributed by atoms with E-state index >= 15 is 0 Å². The zero-order valence-electron chi connectivity index (χ0n) is 13.6. The summed E-state index contributed by atoms with van der Waals surface area (Å²) in [5, 5.41) is 0. The zero-order valence-corrected chi connectivity index (χ0v) is 13.6. The van der Waals surface area contributed by atoms with E-state index in [9.17, 15) is 0 Å². The van der Waals surface area contributed by atoms with Crippen LogP contribution < -0.4 is 5.73 Å². The number of hydrogen-bond acceptors (Lipinski definition) is 1. The van der Waals surface area contributed by atoms with Gasteiger partial charge in [0.25, 0.3) is 0 Å². The van der Waals surface area contributed by atoms with Crippen LogP contribution in [0, 0.1) is 5.92 Å². The summed E-state index contributed by atoms with van der Waals surface area (Å²) >= 11 is 0. The van der Waals surface area contributed by atoms with E-state index in [4.69, 9.17) is 5.73 Å². The zero-order chi connectivity index (χ0) is 15.9. The van der Waals surface area contributed by atoms with Crippen LogP contribution in [0.5, 0.6) is 0 Å². The van der Waals surface area contributed by atoms with Gasteiger partial charge >= 0.3 is 0 Å². The summed E-state index contributed by atoms with van der Waals surface area (Å²) in [6, 6.07) is 18.7. The van der Waals surface area contributed by atoms with Crippen molar-refractivity contribution in [2.75, 3.05) is 5.73 Å². The highest BCUT2D eigenvalue weighted by atomic mass is 14.6. The van der Waals surface area contributed by atoms with Gasteiger partial charge in [0.1, 0.15) is 0 Å². The fourth-order valence-corrected chi connectivity index (χ4v) is 3.45. The minimum Gasteiger partial charge on any atom is -0.398 e. The summed E-state index contributed by atoms with van der Waals surface area (Å²) in [6.07, 6.45) is 13.2. The first-order valence-corrected chi connectivity index (χ1v) is 8.63. The summed E-state index contributed by atoms with van der Waals surface area (Å²) in [4.78, 5) is 0. The van der Waals surface area contributed by atoms with E-state index in [-0.39, 0.29) is 0 Å². The number of allylic oxidation sites excluding steroid dienone is 3. The first-order chi connectivity index (χ1) is 11.3. The molecule has 2 aromatic carbocycles. The normalized spacial score (nSPS) is 16.8. The third-order valence-corrected chi connectivity index (χ3v) is 4.68. The molecule has 1 nitrogen and oxygen atoms in total. The highest BCUT2D eigenvalue weighted by Gasteiger charge is 2.19. The van der Waals surface area contributed by atoms with Gasteiger partial charge in [-0.15, -0.1) is 0 Å². The maximum Gasteiger partial charge on any atom is 0.0390 e. The van der Waals surface area contributed by atoms with Gasteiger partial charge in [-0.3, -0.25) is 0 Å². The van der Waals surface area contributed by atoms with Crippen LogP contribution in [0.4, 0.5) is 5.69 Å². The molecule has 0 aromatic heterocycles. The molecule has 2 aromatic rings. The summed E-state index contributed by atoms with van der Waals surface area (Å²) in [6.45, 7) is 0. The molecule has 0 unspecified atom stereocenters. The second kappa shape index (κ2) is 7.82. The number of benzene rings is 2. The number of hydrogen-bond donors (Lipinski definition) is 1. The van der Waals surface area contributed by atoms with Crippen molar-refractivity contribution in [2.45, 2.75) is 32.1 Å². The fraction of sp³-hybridized carbons (Fsp3) is 0.273. The lowest BCUT2D eigenvalue weighted by molar-refractivity contribution is 0.429. The van der Waals surface area contributed by atoms with Crippen LogP contribution in [0.1, 0.15) is 43.2 Å². The third-order valence-electron chi connectivity index (χ3n) is 4.68. The van der Waals surface area contributed by atoms with Crippen LogP contribution in [0.15, 0.2) is 66.7 Å². The first-order valence-electron chi connectivity index (χ1n) is 8.63. The summed E-state index contributed by atoms with van der Waals surface area (Å²) in [5.41, 5.74) is 11.0. The maximum absolute atomic E-state index is 6.25. The van der Waals surface area contributed by atoms with Crippen molar-refractivity contribution in [3.05, 3.63) is 77.9 Å². The summed E-state index contributed by atoms with van der Waals surface area (Å²) in [7, 11) is 0. The van der Waals surface area contributed by atoms with Crippen molar-refractivity contribution in [2.24, 2.45) is 5.92 Å². The molecule has 2 N–H and O–H groups in total. The van der Waals surface area contributed by atoms with Gasteiger partial charge in [-0.05, 0) is 36.0 Å². The van der Waals surface area contributed by atoms with E-state index in [0.717, 1.165) is 5.69 Å². The van der Waals surface area contributed by atoms with Crippen LogP contribution >= 0.6 is 0 Å². The molecule has 0 heterocycles. The number of nitrogens with two attached hydrogens (primary N) is 1. The number of para-hydroxylation sites is 1. The number of rotatable bonds is 4. The SMILES string of the molecule is Nc1ccccc1/C(=C\C=C\c1ccccc1)C1CCCCC1. The molecule has 1 aliphatic rings. The second-order valence-corrected chi connectivity index (χ2v) is 6.31. The molecule has 1 aliphatic carbocycles. The monoisotopic (exact) mass is 303 g/mol. The molecule has 1 saturated carbocycles. The Balaban J connectivity index is 1.90. The minimum atomic E-state index is 0.633. The lowest BCUT2D eigenvalue weighted by atomic mass is 9.80. The molecule has 1 fully saturated rings. The van der Waals surface area contributed by atoms with Crippen molar-refractivity contribution in [3.63, 3.8) is 0 Å². The predicted octanol–water partition coefficient (Wildman–Crippen LogP) is 5.95. The van der Waals surface area contributed by atoms with Crippen molar-refractivity contribution >= 4 is 17.3 Å². The number of anilines is 1. The highest BCUT2D eigenvalue weighted by Crippen LogP contribution is 2.37. The van der Waals surface area contributed by atoms with Gasteiger partial charge in [-0.2, -0.15) is 0 Å². The summed E-state index contributed by atoms with van der Waals surface area (Å²) < 4.78 is 0. The average molecular weight is 303 g/mol. The van der Waals surface area contributed by atoms with E-state index in [1.165, 1.54) is 48.8 Å². The van der Waals surface area contributed by atoms with E-state index in [2.05, 4.69) is 54.6 Å². The van der Waals surface area contributed by atoms with Crippen molar-refractivity contribution in [1.82, 2.24) is 0 Å². The first kappa shape index (κ1) is 15.6. The van der Waals surface area contributed by atoms with Gasteiger partial charge in [0.15, 0.2) is 0 Å². The lowest BCUT2D eigenvalue weighted by Gasteiger charge is -2.25. The van der Waals surface area contributed by atoms with E-state index in [1.54, 1.807) is 0 Å². The minimum absolute atomic E-state index is 0.633. The molecule has 3 rings (SSSR count). The molecule has 1 heteroatoms. The van der Waals surface area contributed by atoms with Crippen molar-refractivity contribution < 1.29 is 0 Å². The van der Waals surface area contributed by atoms with Crippen LogP contribution in [0.25, 0.3) is 11.6 Å². The Labute approximate surface area is 139 Å². The van der Waals surface area contributed by atoms with Crippen LogP contribution in [0.2, 0.25) is 0 Å². The topological polar surface area (TPSA) is 26.0 Å². The molecular formula is C22H25N. The van der Waals surface area contributed by atoms with E-state index in [1.807, 2.05) is 18.2 Å². The molecule has 0 radical (unpaired) electrons. The lowest BCUT2D eigenvalue weighted by Crippen LogP contribution is -2.09. The Morgan fingerprint density at radius 3 is 2.30 bits per heavy atom. The Morgan fingerprint density at radius 1 is 0.870 bits per heavy atom. The van der Waals surface area contributed by atoms with Gasteiger partial charge in [-0.25, -0.2) is 0 Å². The van der Waals surface area contributed by atoms with Crippen molar-refractivity contribution in [1.29, 1.82) is 0 Å². The van der Waals surface area contributed by atoms with Gasteiger partial charge in [0, 0.05) is 11.3 Å². The molecule has 0 spiro atoms. The Kier molecular flexibility index (Phi) is 5.31. The fourth-order valence-electron chi connectivity index (χ4n) is 3.45. The Hall–Kier alpha value is -2.28. The Bertz CT molecular complexity index is 676. The third kappa shape index (κ3) is 4.13. The smallest absolute Gasteiger partial charge is 0.0390 e. The number of nitrogen functional groups attached to an aromatic ring is 1. The molecule has 0 bridgehead atoms. The largest absolute Gasteiger partial charge is 0.398 e. The standard InChI is InChI=1S/C22H25N/c23-22-17-8-7-15-21(22)20(19-13-5-2-6-14-19)16-9-12-18-10-3-1-4-11-18/h1,3-4,7-12,15-17,19H,2,5-6,13-14,23H2/b12-9+,20-16-. The second-order valence-electron chi connectivity index (χ2n) is 6.31. The molecule has 0 saturated heterocycles. The molecule has 23 heavy (non-hydrogen) atoms. The molecule has 0 atom stereocenters. The van der Waals surface area contributed by atoms with Gasteiger partial charge in [0.2, 0.25) is 0 Å². The van der Waals surface area contributed by atoms with E-state index in [0.29, 0.717) is 5.92 Å². The maximum atomic E-state index is 6.25. The Morgan fingerprint density at radius 2 is 1.57 bits per heavy atom. The highest BCUT2D eigenvalue weighted by molar-refractivity contribution is 5.78. The van der Waals surface area contributed by atoms with Gasteiger partial charge < -0.3 is 5.73 Å². The molecule has 0 aliphatic heterocycles. The van der Waals surface area contributed by atoms with Crippen LogP contribution in [-0.2, 0) is 0 Å². The van der Waals surface area contributed by atoms with Crippen LogP contribution in [0.3, 0.4) is 0 Å². The van der Waals surface area contributed by atoms with E-state index < -0.39 is 0 Å². The average Bonchev–Trinajstić information content (AvgIpc) is 2.61.